The molecule has 0 fully saturated rings. The Labute approximate surface area is 249 Å². The fourth-order valence-corrected chi connectivity index (χ4v) is 5.35. The monoisotopic (exact) mass is 588 g/mol. The number of para-hydroxylation sites is 1. The summed E-state index contributed by atoms with van der Waals surface area (Å²) in [5.41, 5.74) is 2.58. The first kappa shape index (κ1) is 30.6. The zero-order chi connectivity index (χ0) is 29.7. The van der Waals surface area contributed by atoms with Gasteiger partial charge in [0.2, 0.25) is 11.8 Å². The third-order valence-electron chi connectivity index (χ3n) is 6.71. The molecule has 0 atom stereocenters. The highest BCUT2D eigenvalue weighted by molar-refractivity contribution is 7.99. The Hall–Kier alpha value is -4.31. The molecule has 0 unspecified atom stereocenters. The van der Waals surface area contributed by atoms with Gasteiger partial charge >= 0.3 is 0 Å². The van der Waals surface area contributed by atoms with Crippen molar-refractivity contribution in [3.05, 3.63) is 94.3 Å². The van der Waals surface area contributed by atoms with Crippen LogP contribution in [-0.4, -0.2) is 54.4 Å². The van der Waals surface area contributed by atoms with Crippen molar-refractivity contribution in [2.75, 3.05) is 33.1 Å². The van der Waals surface area contributed by atoms with E-state index in [1.807, 2.05) is 54.6 Å². The molecule has 42 heavy (non-hydrogen) atoms. The van der Waals surface area contributed by atoms with Gasteiger partial charge in [0.05, 0.1) is 30.9 Å². The summed E-state index contributed by atoms with van der Waals surface area (Å²) in [6, 6.07) is 22.8. The molecule has 2 N–H and O–H groups in total. The van der Waals surface area contributed by atoms with E-state index < -0.39 is 0 Å². The molecular formula is C32H36N4O5S. The molecule has 0 aliphatic carbocycles. The summed E-state index contributed by atoms with van der Waals surface area (Å²) in [5.74, 6) is 1.22. The predicted molar refractivity (Wildman–Crippen MR) is 165 cm³/mol. The van der Waals surface area contributed by atoms with Crippen molar-refractivity contribution in [2.45, 2.75) is 37.4 Å². The first-order valence-electron chi connectivity index (χ1n) is 13.9. The van der Waals surface area contributed by atoms with Crippen LogP contribution in [0.1, 0.15) is 24.0 Å². The van der Waals surface area contributed by atoms with Crippen LogP contribution in [0.5, 0.6) is 11.5 Å². The molecule has 0 radical (unpaired) electrons. The highest BCUT2D eigenvalue weighted by Gasteiger charge is 2.14. The molecule has 0 bridgehead atoms. The summed E-state index contributed by atoms with van der Waals surface area (Å²) in [4.78, 5) is 43.0. The number of carbonyl (C=O) groups is 2. The summed E-state index contributed by atoms with van der Waals surface area (Å²) in [6.45, 7) is 1.33. The molecule has 0 aliphatic rings. The quantitative estimate of drug-likeness (QED) is 0.160. The lowest BCUT2D eigenvalue weighted by molar-refractivity contribution is -0.121. The molecule has 0 saturated carbocycles. The number of thioether (sulfide) groups is 1. The highest BCUT2D eigenvalue weighted by Crippen LogP contribution is 2.27. The Morgan fingerprint density at radius 2 is 1.52 bits per heavy atom. The van der Waals surface area contributed by atoms with Gasteiger partial charge in [-0.15, -0.1) is 0 Å². The van der Waals surface area contributed by atoms with Gasteiger partial charge in [0, 0.05) is 26.1 Å². The van der Waals surface area contributed by atoms with Crippen molar-refractivity contribution in [1.82, 2.24) is 20.2 Å². The number of fused-ring (bicyclic) bond motifs is 1. The first-order valence-corrected chi connectivity index (χ1v) is 14.9. The van der Waals surface area contributed by atoms with E-state index in [9.17, 15) is 14.4 Å². The molecule has 1 aromatic heterocycles. The van der Waals surface area contributed by atoms with E-state index in [0.717, 1.165) is 17.5 Å². The standard InChI is InChI=1S/C32H36N4O5S/c1-40-27-15-14-24(21-28(27)41-2)17-19-33-29(37)13-8-20-36-31(39)25-11-6-7-12-26(25)35-32(36)42-22-30(38)34-18-16-23-9-4-3-5-10-23/h3-7,9-12,14-15,21H,8,13,16-20,22H2,1-2H3,(H,33,37)(H,34,38). The first-order chi connectivity index (χ1) is 20.5. The maximum absolute atomic E-state index is 13.3. The molecule has 0 aliphatic heterocycles. The van der Waals surface area contributed by atoms with Gasteiger partial charge in [-0.3, -0.25) is 19.0 Å². The van der Waals surface area contributed by atoms with Gasteiger partial charge in [-0.1, -0.05) is 60.3 Å². The van der Waals surface area contributed by atoms with Crippen molar-refractivity contribution >= 4 is 34.5 Å². The van der Waals surface area contributed by atoms with Crippen LogP contribution in [0.3, 0.4) is 0 Å². The van der Waals surface area contributed by atoms with Crippen LogP contribution in [0.25, 0.3) is 10.9 Å². The smallest absolute Gasteiger partial charge is 0.262 e. The SMILES string of the molecule is COc1ccc(CCNC(=O)CCCn2c(SCC(=O)NCCc3ccccc3)nc3ccccc3c2=O)cc1OC. The van der Waals surface area contributed by atoms with Crippen LogP contribution in [0.2, 0.25) is 0 Å². The number of rotatable bonds is 15. The second kappa shape index (κ2) is 15.6. The lowest BCUT2D eigenvalue weighted by Crippen LogP contribution is -2.29. The number of carbonyl (C=O) groups excluding carboxylic acids is 2. The topological polar surface area (TPSA) is 112 Å². The molecule has 3 aromatic carbocycles. The Bertz CT molecular complexity index is 1560. The van der Waals surface area contributed by atoms with Crippen molar-refractivity contribution in [3.8, 4) is 11.5 Å². The Balaban J connectivity index is 1.30. The number of nitrogens with one attached hydrogen (secondary N) is 2. The number of methoxy groups -OCH3 is 2. The number of hydrogen-bond acceptors (Lipinski definition) is 7. The van der Waals surface area contributed by atoms with Crippen LogP contribution in [0.15, 0.2) is 82.7 Å². The molecule has 10 heteroatoms. The zero-order valence-electron chi connectivity index (χ0n) is 23.9. The normalized spacial score (nSPS) is 10.8. The van der Waals surface area contributed by atoms with Crippen LogP contribution in [0, 0.1) is 0 Å². The number of benzene rings is 3. The van der Waals surface area contributed by atoms with E-state index in [-0.39, 0.29) is 29.5 Å². The molecule has 2 amide bonds. The van der Waals surface area contributed by atoms with Gasteiger partial charge in [-0.05, 0) is 54.7 Å². The molecule has 4 aromatic rings. The summed E-state index contributed by atoms with van der Waals surface area (Å²) >= 11 is 1.23. The minimum absolute atomic E-state index is 0.0933. The zero-order valence-corrected chi connectivity index (χ0v) is 24.7. The van der Waals surface area contributed by atoms with E-state index in [4.69, 9.17) is 9.47 Å². The van der Waals surface area contributed by atoms with Gasteiger partial charge in [0.15, 0.2) is 16.7 Å². The van der Waals surface area contributed by atoms with Gasteiger partial charge in [0.1, 0.15) is 0 Å². The molecule has 1 heterocycles. The number of hydrogen-bond donors (Lipinski definition) is 2. The Morgan fingerprint density at radius 3 is 2.29 bits per heavy atom. The van der Waals surface area contributed by atoms with Crippen LogP contribution < -0.4 is 25.7 Å². The van der Waals surface area contributed by atoms with Crippen molar-refractivity contribution < 1.29 is 19.1 Å². The number of ether oxygens (including phenoxy) is 2. The molecule has 0 spiro atoms. The minimum Gasteiger partial charge on any atom is -0.493 e. The largest absolute Gasteiger partial charge is 0.493 e. The van der Waals surface area contributed by atoms with E-state index in [2.05, 4.69) is 15.6 Å². The lowest BCUT2D eigenvalue weighted by Gasteiger charge is -2.13. The molecule has 4 rings (SSSR count). The van der Waals surface area contributed by atoms with Crippen LogP contribution in [0.4, 0.5) is 0 Å². The van der Waals surface area contributed by atoms with Crippen LogP contribution in [-0.2, 0) is 29.0 Å². The van der Waals surface area contributed by atoms with Crippen molar-refractivity contribution in [3.63, 3.8) is 0 Å². The summed E-state index contributed by atoms with van der Waals surface area (Å²) < 4.78 is 12.2. The predicted octanol–water partition coefficient (Wildman–Crippen LogP) is 4.00. The fourth-order valence-electron chi connectivity index (χ4n) is 4.50. The van der Waals surface area contributed by atoms with Gasteiger partial charge in [-0.25, -0.2) is 4.98 Å². The van der Waals surface area contributed by atoms with E-state index in [1.54, 1.807) is 37.0 Å². The third kappa shape index (κ3) is 8.59. The van der Waals surface area contributed by atoms with Crippen molar-refractivity contribution in [2.24, 2.45) is 0 Å². The number of nitrogens with zero attached hydrogens (tertiary/aromatic N) is 2. The second-order valence-electron chi connectivity index (χ2n) is 9.64. The van der Waals surface area contributed by atoms with E-state index in [0.29, 0.717) is 60.0 Å². The average Bonchev–Trinajstić information content (AvgIpc) is 3.01. The molecule has 220 valence electrons. The maximum atomic E-state index is 13.3. The number of amides is 2. The summed E-state index contributed by atoms with van der Waals surface area (Å²) in [6.07, 6.45) is 2.11. The van der Waals surface area contributed by atoms with Gasteiger partial charge in [0.25, 0.3) is 5.56 Å². The lowest BCUT2D eigenvalue weighted by atomic mass is 10.1. The summed E-state index contributed by atoms with van der Waals surface area (Å²) in [5, 5.41) is 6.85. The van der Waals surface area contributed by atoms with Crippen LogP contribution >= 0.6 is 11.8 Å². The Kier molecular flexibility index (Phi) is 11.4. The van der Waals surface area contributed by atoms with Crippen molar-refractivity contribution in [1.29, 1.82) is 0 Å². The maximum Gasteiger partial charge on any atom is 0.262 e. The Morgan fingerprint density at radius 1 is 0.833 bits per heavy atom. The molecular weight excluding hydrogens is 552 g/mol. The molecule has 9 nitrogen and oxygen atoms in total. The van der Waals surface area contributed by atoms with E-state index in [1.165, 1.54) is 11.8 Å². The van der Waals surface area contributed by atoms with E-state index >= 15 is 0 Å². The highest BCUT2D eigenvalue weighted by atomic mass is 32.2. The van der Waals surface area contributed by atoms with Gasteiger partial charge < -0.3 is 20.1 Å². The fraction of sp³-hybridized carbons (Fsp3) is 0.312. The number of aromatic nitrogens is 2. The third-order valence-corrected chi connectivity index (χ3v) is 7.68. The van der Waals surface area contributed by atoms with Gasteiger partial charge in [-0.2, -0.15) is 0 Å². The summed E-state index contributed by atoms with van der Waals surface area (Å²) in [7, 11) is 3.18. The average molecular weight is 589 g/mol. The second-order valence-corrected chi connectivity index (χ2v) is 10.6. The minimum atomic E-state index is -0.179. The molecule has 0 saturated heterocycles.